The van der Waals surface area contributed by atoms with Crippen molar-refractivity contribution in [2.75, 3.05) is 24.2 Å². The Kier molecular flexibility index (Phi) is 6.62. The molecule has 0 bridgehead atoms. The Morgan fingerprint density at radius 3 is 2.44 bits per heavy atom. The number of hydrogen-bond donors (Lipinski definition) is 2. The number of halogens is 1. The van der Waals surface area contributed by atoms with Crippen LogP contribution in [0.15, 0.2) is 54.6 Å². The average molecular weight is 438 g/mol. The standard InChI is InChI=1S/C24H28FN5O2/c1-16-9-6-7-12-19(16)30-21(14-20(28-30)24(2,3)4)27-22(31)15-29(5)23(32)26-18-11-8-10-17(25)13-18/h6-14H,15H2,1-5H3,(H,26,32)(H,27,31). The molecule has 0 saturated carbocycles. The Balaban J connectivity index is 1.76. The summed E-state index contributed by atoms with van der Waals surface area (Å²) in [6.07, 6.45) is 0. The van der Waals surface area contributed by atoms with Crippen LogP contribution in [0.3, 0.4) is 0 Å². The van der Waals surface area contributed by atoms with Crippen LogP contribution >= 0.6 is 0 Å². The van der Waals surface area contributed by atoms with Crippen molar-refractivity contribution in [3.05, 3.63) is 71.7 Å². The first kappa shape index (κ1) is 23.0. The summed E-state index contributed by atoms with van der Waals surface area (Å²) < 4.78 is 15.0. The zero-order chi connectivity index (χ0) is 23.5. The third-order valence-corrected chi connectivity index (χ3v) is 4.89. The van der Waals surface area contributed by atoms with E-state index in [2.05, 4.69) is 10.6 Å². The number of carbonyl (C=O) groups is 2. The molecule has 0 aliphatic rings. The molecule has 0 fully saturated rings. The molecule has 32 heavy (non-hydrogen) atoms. The Bertz CT molecular complexity index is 1130. The second kappa shape index (κ2) is 9.21. The largest absolute Gasteiger partial charge is 0.322 e. The van der Waals surface area contributed by atoms with E-state index in [4.69, 9.17) is 5.10 Å². The number of rotatable bonds is 5. The summed E-state index contributed by atoms with van der Waals surface area (Å²) in [5, 5.41) is 10.2. The molecule has 8 heteroatoms. The van der Waals surface area contributed by atoms with E-state index in [0.717, 1.165) is 16.9 Å². The number of anilines is 2. The summed E-state index contributed by atoms with van der Waals surface area (Å²) >= 11 is 0. The van der Waals surface area contributed by atoms with Gasteiger partial charge < -0.3 is 15.5 Å². The molecule has 168 valence electrons. The lowest BCUT2D eigenvalue weighted by Crippen LogP contribution is -2.37. The lowest BCUT2D eigenvalue weighted by Gasteiger charge is -2.18. The van der Waals surface area contributed by atoms with E-state index in [1.807, 2.05) is 58.0 Å². The van der Waals surface area contributed by atoms with E-state index < -0.39 is 11.8 Å². The number of likely N-dealkylation sites (N-methyl/N-ethyl adjacent to an activating group) is 1. The Hall–Kier alpha value is -3.68. The van der Waals surface area contributed by atoms with Crippen molar-refractivity contribution < 1.29 is 14.0 Å². The summed E-state index contributed by atoms with van der Waals surface area (Å²) in [4.78, 5) is 26.3. The van der Waals surface area contributed by atoms with E-state index in [0.29, 0.717) is 11.5 Å². The second-order valence-corrected chi connectivity index (χ2v) is 8.71. The summed E-state index contributed by atoms with van der Waals surface area (Å²) in [5.74, 6) is -0.312. The van der Waals surface area contributed by atoms with Crippen LogP contribution in [0, 0.1) is 12.7 Å². The highest BCUT2D eigenvalue weighted by Crippen LogP contribution is 2.27. The topological polar surface area (TPSA) is 79.3 Å². The number of nitrogens with one attached hydrogen (secondary N) is 2. The highest BCUT2D eigenvalue weighted by molar-refractivity contribution is 5.96. The van der Waals surface area contributed by atoms with E-state index in [1.54, 1.807) is 10.7 Å². The maximum Gasteiger partial charge on any atom is 0.322 e. The molecule has 1 heterocycles. The van der Waals surface area contributed by atoms with Crippen LogP contribution in [0.5, 0.6) is 0 Å². The summed E-state index contributed by atoms with van der Waals surface area (Å²) in [6, 6.07) is 14.7. The molecule has 1 aromatic heterocycles. The quantitative estimate of drug-likeness (QED) is 0.606. The Morgan fingerprint density at radius 2 is 1.78 bits per heavy atom. The van der Waals surface area contributed by atoms with Crippen molar-refractivity contribution in [3.63, 3.8) is 0 Å². The van der Waals surface area contributed by atoms with E-state index in [-0.39, 0.29) is 17.9 Å². The number of aryl methyl sites for hydroxylation is 1. The number of benzene rings is 2. The Labute approximate surface area is 187 Å². The van der Waals surface area contributed by atoms with E-state index in [1.165, 1.54) is 30.1 Å². The van der Waals surface area contributed by atoms with Gasteiger partial charge >= 0.3 is 6.03 Å². The molecule has 0 atom stereocenters. The zero-order valence-corrected chi connectivity index (χ0v) is 18.9. The van der Waals surface area contributed by atoms with Gasteiger partial charge in [-0.3, -0.25) is 4.79 Å². The number of amides is 3. The molecule has 3 amide bonds. The first-order valence-electron chi connectivity index (χ1n) is 10.3. The number of para-hydroxylation sites is 1. The zero-order valence-electron chi connectivity index (χ0n) is 18.9. The third kappa shape index (κ3) is 5.51. The van der Waals surface area contributed by atoms with Gasteiger partial charge in [-0.15, -0.1) is 0 Å². The molecule has 0 aliphatic carbocycles. The lowest BCUT2D eigenvalue weighted by atomic mass is 9.92. The first-order valence-corrected chi connectivity index (χ1v) is 10.3. The smallest absolute Gasteiger partial charge is 0.318 e. The van der Waals surface area contributed by atoms with Crippen LogP contribution in [0.1, 0.15) is 32.0 Å². The van der Waals surface area contributed by atoms with Crippen LogP contribution in [0.2, 0.25) is 0 Å². The number of hydrogen-bond acceptors (Lipinski definition) is 3. The minimum Gasteiger partial charge on any atom is -0.318 e. The number of urea groups is 1. The molecular weight excluding hydrogens is 409 g/mol. The SMILES string of the molecule is Cc1ccccc1-n1nc(C(C)(C)C)cc1NC(=O)CN(C)C(=O)Nc1cccc(F)c1. The van der Waals surface area contributed by atoms with Gasteiger partial charge in [-0.25, -0.2) is 13.9 Å². The van der Waals surface area contributed by atoms with Gasteiger partial charge in [0.05, 0.1) is 11.4 Å². The number of carbonyl (C=O) groups excluding carboxylic acids is 2. The van der Waals surface area contributed by atoms with Crippen molar-refractivity contribution in [2.24, 2.45) is 0 Å². The fourth-order valence-corrected chi connectivity index (χ4v) is 3.08. The fraction of sp³-hybridized carbons (Fsp3) is 0.292. The van der Waals surface area contributed by atoms with Gasteiger partial charge in [-0.2, -0.15) is 5.10 Å². The van der Waals surface area contributed by atoms with Gasteiger partial charge in [0.2, 0.25) is 5.91 Å². The number of aromatic nitrogens is 2. The highest BCUT2D eigenvalue weighted by atomic mass is 19.1. The normalized spacial score (nSPS) is 11.2. The molecule has 3 rings (SSSR count). The van der Waals surface area contributed by atoms with Gasteiger partial charge in [-0.05, 0) is 36.8 Å². The number of nitrogens with zero attached hydrogens (tertiary/aromatic N) is 3. The molecule has 2 aromatic carbocycles. The summed E-state index contributed by atoms with van der Waals surface area (Å²) in [6.45, 7) is 7.93. The van der Waals surface area contributed by atoms with Crippen molar-refractivity contribution in [2.45, 2.75) is 33.1 Å². The molecule has 0 spiro atoms. The van der Waals surface area contributed by atoms with E-state index >= 15 is 0 Å². The highest BCUT2D eigenvalue weighted by Gasteiger charge is 2.22. The van der Waals surface area contributed by atoms with Gasteiger partial charge in [0.15, 0.2) is 0 Å². The summed E-state index contributed by atoms with van der Waals surface area (Å²) in [5.41, 5.74) is 2.80. The molecule has 0 aliphatic heterocycles. The van der Waals surface area contributed by atoms with Gasteiger partial charge in [0.1, 0.15) is 18.2 Å². The molecule has 3 aromatic rings. The molecule has 0 radical (unpaired) electrons. The first-order chi connectivity index (χ1) is 15.0. The third-order valence-electron chi connectivity index (χ3n) is 4.89. The van der Waals surface area contributed by atoms with Crippen LogP contribution in [-0.2, 0) is 10.2 Å². The molecular formula is C24H28FN5O2. The Morgan fingerprint density at radius 1 is 1.06 bits per heavy atom. The van der Waals surface area contributed by atoms with Gasteiger partial charge in [0.25, 0.3) is 0 Å². The lowest BCUT2D eigenvalue weighted by molar-refractivity contribution is -0.116. The van der Waals surface area contributed by atoms with Crippen molar-refractivity contribution in [1.82, 2.24) is 14.7 Å². The van der Waals surface area contributed by atoms with Crippen LogP contribution in [-0.4, -0.2) is 40.2 Å². The van der Waals surface area contributed by atoms with Crippen molar-refractivity contribution >= 4 is 23.4 Å². The van der Waals surface area contributed by atoms with Gasteiger partial charge in [0, 0.05) is 24.2 Å². The van der Waals surface area contributed by atoms with Crippen molar-refractivity contribution in [3.8, 4) is 5.69 Å². The molecule has 0 unspecified atom stereocenters. The predicted molar refractivity (Wildman–Crippen MR) is 124 cm³/mol. The summed E-state index contributed by atoms with van der Waals surface area (Å²) in [7, 11) is 1.49. The van der Waals surface area contributed by atoms with E-state index in [9.17, 15) is 14.0 Å². The molecule has 7 nitrogen and oxygen atoms in total. The van der Waals surface area contributed by atoms with Crippen molar-refractivity contribution in [1.29, 1.82) is 0 Å². The minimum absolute atomic E-state index is 0.190. The van der Waals surface area contributed by atoms with Gasteiger partial charge in [-0.1, -0.05) is 45.0 Å². The average Bonchev–Trinajstić information content (AvgIpc) is 3.12. The van der Waals surface area contributed by atoms with Crippen LogP contribution in [0.25, 0.3) is 5.69 Å². The molecule has 0 saturated heterocycles. The maximum atomic E-state index is 13.3. The monoisotopic (exact) mass is 437 g/mol. The fourth-order valence-electron chi connectivity index (χ4n) is 3.08. The minimum atomic E-state index is -0.520. The molecule has 2 N–H and O–H groups in total. The second-order valence-electron chi connectivity index (χ2n) is 8.71. The van der Waals surface area contributed by atoms with Crippen LogP contribution < -0.4 is 10.6 Å². The predicted octanol–water partition coefficient (Wildman–Crippen LogP) is 4.72. The van der Waals surface area contributed by atoms with Crippen LogP contribution in [0.4, 0.5) is 20.7 Å². The maximum absolute atomic E-state index is 13.3.